The summed E-state index contributed by atoms with van der Waals surface area (Å²) >= 11 is 2.55. The van der Waals surface area contributed by atoms with Crippen LogP contribution in [-0.2, 0) is 48.3 Å². The van der Waals surface area contributed by atoms with Crippen molar-refractivity contribution >= 4 is 63.6 Å². The number of benzene rings is 2. The molecule has 2 aromatic carbocycles. The van der Waals surface area contributed by atoms with Crippen molar-refractivity contribution in [3.05, 3.63) is 131 Å². The van der Waals surface area contributed by atoms with Crippen LogP contribution >= 0.6 is 23.1 Å². The molecule has 15 heteroatoms. The van der Waals surface area contributed by atoms with Crippen LogP contribution in [0, 0.1) is 5.92 Å². The Morgan fingerprint density at radius 1 is 0.961 bits per heavy atom. The van der Waals surface area contributed by atoms with Gasteiger partial charge in [-0.2, -0.15) is 0 Å². The fourth-order valence-corrected chi connectivity index (χ4v) is 7.38. The van der Waals surface area contributed by atoms with Gasteiger partial charge < -0.3 is 14.6 Å². The van der Waals surface area contributed by atoms with Gasteiger partial charge in [-0.25, -0.2) is 14.6 Å². The second kappa shape index (κ2) is 16.3. The molecule has 2 aliphatic rings. The van der Waals surface area contributed by atoms with E-state index >= 15 is 0 Å². The van der Waals surface area contributed by atoms with E-state index in [1.54, 1.807) is 29.8 Å². The van der Waals surface area contributed by atoms with Gasteiger partial charge in [-0.3, -0.25) is 24.6 Å². The summed E-state index contributed by atoms with van der Waals surface area (Å²) in [5, 5.41) is 13.5. The Bertz CT molecular complexity index is 2000. The van der Waals surface area contributed by atoms with Gasteiger partial charge in [0, 0.05) is 29.7 Å². The zero-order valence-electron chi connectivity index (χ0n) is 27.0. The molecule has 13 nitrogen and oxygen atoms in total. The second-order valence-electron chi connectivity index (χ2n) is 11.3. The van der Waals surface area contributed by atoms with Crippen molar-refractivity contribution in [2.45, 2.75) is 31.4 Å². The average Bonchev–Trinajstić information content (AvgIpc) is 3.60. The number of nitrogens with one attached hydrogen (secondary N) is 2. The van der Waals surface area contributed by atoms with Crippen LogP contribution in [0.1, 0.15) is 28.9 Å². The van der Waals surface area contributed by atoms with E-state index in [9.17, 15) is 29.1 Å². The molecule has 0 radical (unpaired) electrons. The zero-order valence-corrected chi connectivity index (χ0v) is 28.6. The molecule has 2 atom stereocenters. The van der Waals surface area contributed by atoms with Gasteiger partial charge in [0.2, 0.25) is 11.6 Å². The Morgan fingerprint density at radius 3 is 2.35 bits per heavy atom. The third-order valence-electron chi connectivity index (χ3n) is 7.93. The lowest BCUT2D eigenvalue weighted by molar-refractivity contribution is -0.650. The first-order valence-electron chi connectivity index (χ1n) is 15.8. The number of fused-ring (bicyclic) bond motifs is 1. The molecular formula is C36H32N5O8S2+. The first-order chi connectivity index (χ1) is 24.8. The fourth-order valence-electron chi connectivity index (χ4n) is 5.42. The number of ether oxygens (including phenoxy) is 2. The van der Waals surface area contributed by atoms with E-state index in [1.807, 2.05) is 60.7 Å². The minimum absolute atomic E-state index is 0.0205. The Balaban J connectivity index is 1.17. The number of thioether (sulfide) groups is 1. The van der Waals surface area contributed by atoms with E-state index in [0.29, 0.717) is 11.4 Å². The maximum absolute atomic E-state index is 13.9. The van der Waals surface area contributed by atoms with E-state index in [-0.39, 0.29) is 59.4 Å². The van der Waals surface area contributed by atoms with Crippen LogP contribution in [0.5, 0.6) is 0 Å². The van der Waals surface area contributed by atoms with Crippen LogP contribution in [0.15, 0.2) is 108 Å². The Labute approximate surface area is 300 Å². The van der Waals surface area contributed by atoms with Gasteiger partial charge in [0.25, 0.3) is 0 Å². The molecular weight excluding hydrogens is 695 g/mol. The number of carboxylic acids is 1. The van der Waals surface area contributed by atoms with Crippen molar-refractivity contribution in [2.24, 2.45) is 5.92 Å². The van der Waals surface area contributed by atoms with Gasteiger partial charge in [-0.15, -0.1) is 28.5 Å². The maximum Gasteiger partial charge on any atom is 0.413 e. The summed E-state index contributed by atoms with van der Waals surface area (Å²) in [7, 11) is 0. The van der Waals surface area contributed by atoms with Crippen molar-refractivity contribution in [1.82, 2.24) is 9.88 Å². The third-order valence-corrected chi connectivity index (χ3v) is 9.93. The van der Waals surface area contributed by atoms with Gasteiger partial charge in [-0.05, 0) is 23.3 Å². The topological polar surface area (TPSA) is 168 Å². The van der Waals surface area contributed by atoms with Crippen LogP contribution in [0.3, 0.4) is 0 Å². The molecule has 1 saturated heterocycles. The number of esters is 1. The predicted molar refractivity (Wildman–Crippen MR) is 188 cm³/mol. The number of rotatable bonds is 13. The summed E-state index contributed by atoms with van der Waals surface area (Å²) in [5.74, 6) is -2.66. The minimum atomic E-state index is -1.15. The first-order valence-corrected chi connectivity index (χ1v) is 17.7. The molecule has 6 rings (SSSR count). The molecule has 3 amide bonds. The maximum atomic E-state index is 13.9. The largest absolute Gasteiger partial charge is 0.477 e. The number of amides is 3. The highest BCUT2D eigenvalue weighted by atomic mass is 32.2. The third kappa shape index (κ3) is 8.69. The number of hydrogen-bond acceptors (Lipinski definition) is 10. The van der Waals surface area contributed by atoms with Crippen molar-refractivity contribution < 1.29 is 43.2 Å². The summed E-state index contributed by atoms with van der Waals surface area (Å²) in [5.41, 5.74) is 5.25. The highest BCUT2D eigenvalue weighted by Crippen LogP contribution is 2.42. The van der Waals surface area contributed by atoms with Crippen LogP contribution < -0.4 is 15.4 Å². The van der Waals surface area contributed by atoms with E-state index < -0.39 is 29.9 Å². The lowest BCUT2D eigenvalue weighted by Crippen LogP contribution is -2.62. The SMILES string of the molecule is O=C(C/C=C(/C(=O)N[n+]1ccccc1CC1C(=O)N2C(C(=O)O)=CCSC12)c1csc(NC(=O)OCc2ccccc2)n1)OCc1ccccc1. The first kappa shape index (κ1) is 35.0. The zero-order chi connectivity index (χ0) is 35.7. The van der Waals surface area contributed by atoms with Crippen molar-refractivity contribution in [2.75, 3.05) is 16.5 Å². The number of anilines is 1. The van der Waals surface area contributed by atoms with Crippen molar-refractivity contribution in [3.8, 4) is 0 Å². The number of thiazole rings is 1. The number of β-lactam (4-membered cyclic amide) rings is 1. The number of aromatic nitrogens is 2. The summed E-state index contributed by atoms with van der Waals surface area (Å²) in [6.07, 6.45) is 3.82. The summed E-state index contributed by atoms with van der Waals surface area (Å²) in [6.45, 7) is 0.121. The minimum Gasteiger partial charge on any atom is -0.477 e. The molecule has 3 N–H and O–H groups in total. The Hall–Kier alpha value is -5.80. The van der Waals surface area contributed by atoms with Crippen LogP contribution in [0.25, 0.3) is 5.57 Å². The number of pyridine rings is 1. The lowest BCUT2D eigenvalue weighted by Gasteiger charge is -2.48. The number of nitrogens with zero attached hydrogens (tertiary/aromatic N) is 3. The van der Waals surface area contributed by atoms with Gasteiger partial charge in [-0.1, -0.05) is 71.4 Å². The second-order valence-corrected chi connectivity index (χ2v) is 13.3. The lowest BCUT2D eigenvalue weighted by atomic mass is 9.91. The van der Waals surface area contributed by atoms with Crippen LogP contribution in [-0.4, -0.2) is 56.0 Å². The monoisotopic (exact) mass is 726 g/mol. The molecule has 0 bridgehead atoms. The van der Waals surface area contributed by atoms with Crippen molar-refractivity contribution in [3.63, 3.8) is 0 Å². The van der Waals surface area contributed by atoms with Crippen LogP contribution in [0.4, 0.5) is 9.93 Å². The molecule has 4 aromatic rings. The van der Waals surface area contributed by atoms with Gasteiger partial charge in [0.1, 0.15) is 18.9 Å². The molecule has 0 spiro atoms. The summed E-state index contributed by atoms with van der Waals surface area (Å²) in [4.78, 5) is 69.5. The Kier molecular flexibility index (Phi) is 11.2. The predicted octanol–water partition coefficient (Wildman–Crippen LogP) is 4.51. The van der Waals surface area contributed by atoms with Gasteiger partial charge in [0.05, 0.1) is 29.0 Å². The fraction of sp³-hybridized carbons (Fsp3) is 0.194. The molecule has 1 fully saturated rings. The molecule has 4 heterocycles. The normalized spacial score (nSPS) is 16.6. The molecule has 2 aromatic heterocycles. The van der Waals surface area contributed by atoms with Crippen molar-refractivity contribution in [1.29, 1.82) is 0 Å². The smallest absolute Gasteiger partial charge is 0.413 e. The quantitative estimate of drug-likeness (QED) is 0.0772. The van der Waals surface area contributed by atoms with Crippen LogP contribution in [0.2, 0.25) is 0 Å². The summed E-state index contributed by atoms with van der Waals surface area (Å²) < 4.78 is 12.2. The summed E-state index contributed by atoms with van der Waals surface area (Å²) in [6, 6.07) is 23.6. The van der Waals surface area contributed by atoms with Gasteiger partial charge >= 0.3 is 23.9 Å². The molecule has 2 unspecified atom stereocenters. The van der Waals surface area contributed by atoms with Gasteiger partial charge in [0.15, 0.2) is 11.3 Å². The molecule has 2 aliphatic heterocycles. The number of carbonyl (C=O) groups is 5. The number of hydrogen-bond donors (Lipinski definition) is 3. The highest BCUT2D eigenvalue weighted by molar-refractivity contribution is 8.00. The molecule has 51 heavy (non-hydrogen) atoms. The van der Waals surface area contributed by atoms with E-state index in [0.717, 1.165) is 22.5 Å². The standard InChI is InChI=1S/C36H31N5O8S2/c42-30(48-20-23-9-3-1-4-10-23)15-14-26(28-22-51-35(37-28)38-36(47)49-21-24-11-5-2-6-12-24)31(43)39-40-17-8-7-13-25(40)19-27-32(44)41-29(34(45)46)16-18-50-33(27)41/h1-14,16-17,22,27,33H,15,18-21H2,(H2-,37,38,39,43,45,46,47)/p+1/b26-14+. The van der Waals surface area contributed by atoms with E-state index in [1.165, 1.54) is 33.5 Å². The Morgan fingerprint density at radius 2 is 1.65 bits per heavy atom. The number of aliphatic carboxylic acids is 1. The van der Waals surface area contributed by atoms with E-state index in [4.69, 9.17) is 9.47 Å². The molecule has 260 valence electrons. The highest BCUT2D eigenvalue weighted by Gasteiger charge is 2.52. The number of carbonyl (C=O) groups excluding carboxylic acids is 4. The molecule has 0 aliphatic carbocycles. The molecule has 0 saturated carbocycles. The number of carboxylic acid groups (broad SMARTS) is 1. The van der Waals surface area contributed by atoms with E-state index in [2.05, 4.69) is 15.7 Å². The average molecular weight is 727 g/mol.